The molecule has 22 heavy (non-hydrogen) atoms. The normalized spacial score (nSPS) is 23.6. The first-order chi connectivity index (χ1) is 9.40. The van der Waals surface area contributed by atoms with Crippen LogP contribution in [0.25, 0.3) is 0 Å². The first-order valence-electron chi connectivity index (χ1n) is 7.34. The van der Waals surface area contributed by atoms with Crippen LogP contribution >= 0.6 is 36.4 Å². The van der Waals surface area contributed by atoms with Gasteiger partial charge < -0.3 is 5.32 Å². The molecule has 1 unspecified atom stereocenters. The van der Waals surface area contributed by atoms with Gasteiger partial charge in [-0.1, -0.05) is 31.5 Å². The van der Waals surface area contributed by atoms with Crippen molar-refractivity contribution in [2.24, 2.45) is 5.92 Å². The van der Waals surface area contributed by atoms with Gasteiger partial charge in [-0.05, 0) is 31.9 Å². The number of halogens is 4. The van der Waals surface area contributed by atoms with Gasteiger partial charge in [0.05, 0.1) is 0 Å². The smallest absolute Gasteiger partial charge is 0.129 e. The van der Waals surface area contributed by atoms with Crippen molar-refractivity contribution in [2.45, 2.75) is 45.8 Å². The van der Waals surface area contributed by atoms with E-state index < -0.39 is 0 Å². The number of rotatable bonds is 3. The lowest BCUT2D eigenvalue weighted by Gasteiger charge is -2.44. The Balaban J connectivity index is 0.00000220. The molecule has 6 heteroatoms. The molecule has 0 bridgehead atoms. The summed E-state index contributed by atoms with van der Waals surface area (Å²) >= 11 is 5.88. The second-order valence-electron chi connectivity index (χ2n) is 6.21. The van der Waals surface area contributed by atoms with Crippen LogP contribution in [-0.4, -0.2) is 30.1 Å². The van der Waals surface area contributed by atoms with Crippen LogP contribution in [0.1, 0.15) is 39.3 Å². The molecule has 1 heterocycles. The molecule has 0 aromatic heterocycles. The second kappa shape index (κ2) is 9.29. The van der Waals surface area contributed by atoms with E-state index in [9.17, 15) is 4.39 Å². The highest BCUT2D eigenvalue weighted by atomic mass is 35.5. The van der Waals surface area contributed by atoms with Gasteiger partial charge in [-0.15, -0.1) is 24.8 Å². The van der Waals surface area contributed by atoms with Crippen molar-refractivity contribution in [1.82, 2.24) is 10.2 Å². The first kappa shape index (κ1) is 21.9. The Morgan fingerprint density at radius 2 is 1.91 bits per heavy atom. The van der Waals surface area contributed by atoms with Crippen LogP contribution in [0.5, 0.6) is 0 Å². The molecule has 2 nitrogen and oxygen atoms in total. The van der Waals surface area contributed by atoms with E-state index in [0.717, 1.165) is 18.7 Å². The van der Waals surface area contributed by atoms with Gasteiger partial charge in [-0.2, -0.15) is 0 Å². The van der Waals surface area contributed by atoms with E-state index in [0.29, 0.717) is 23.0 Å². The third-order valence-corrected chi connectivity index (χ3v) is 4.32. The Morgan fingerprint density at radius 1 is 1.27 bits per heavy atom. The first-order valence-corrected chi connectivity index (χ1v) is 7.72. The van der Waals surface area contributed by atoms with E-state index >= 15 is 0 Å². The summed E-state index contributed by atoms with van der Waals surface area (Å²) in [5.41, 5.74) is 0.755. The maximum Gasteiger partial charge on any atom is 0.129 e. The Kier molecular flexibility index (Phi) is 9.26. The van der Waals surface area contributed by atoms with Crippen LogP contribution in [0.2, 0.25) is 5.02 Å². The summed E-state index contributed by atoms with van der Waals surface area (Å²) in [4.78, 5) is 2.41. The number of nitrogens with zero attached hydrogens (tertiary/aromatic N) is 1. The Labute approximate surface area is 150 Å². The standard InChI is InChI=1S/C16H24ClFN2.2ClH/c1-10(2)16(14-6-5-13(17)7-15(14)18)20-9-11(3)19-8-12(20)4;;/h5-7,10-12,16,19H,8-9H2,1-4H3;2*1H/t11-,12+,16?;;/m0../s1. The summed E-state index contributed by atoms with van der Waals surface area (Å²) < 4.78 is 14.3. The molecule has 0 amide bonds. The monoisotopic (exact) mass is 370 g/mol. The molecule has 1 N–H and O–H groups in total. The minimum atomic E-state index is -0.199. The van der Waals surface area contributed by atoms with Crippen LogP contribution in [-0.2, 0) is 0 Å². The summed E-state index contributed by atoms with van der Waals surface area (Å²) in [7, 11) is 0. The van der Waals surface area contributed by atoms with Gasteiger partial charge in [0.1, 0.15) is 5.82 Å². The second-order valence-corrected chi connectivity index (χ2v) is 6.65. The van der Waals surface area contributed by atoms with Crippen LogP contribution in [0.4, 0.5) is 4.39 Å². The Bertz CT molecular complexity index is 471. The summed E-state index contributed by atoms with van der Waals surface area (Å²) in [5.74, 6) is 0.146. The fourth-order valence-corrected chi connectivity index (χ4v) is 3.26. The molecular weight excluding hydrogens is 346 g/mol. The zero-order valence-corrected chi connectivity index (χ0v) is 15.9. The molecule has 1 aliphatic rings. The van der Waals surface area contributed by atoms with E-state index in [1.165, 1.54) is 6.07 Å². The maximum atomic E-state index is 14.3. The highest BCUT2D eigenvalue weighted by Crippen LogP contribution is 2.33. The molecule has 1 fully saturated rings. The minimum absolute atomic E-state index is 0. The maximum absolute atomic E-state index is 14.3. The van der Waals surface area contributed by atoms with Crippen LogP contribution in [0.3, 0.4) is 0 Å². The van der Waals surface area contributed by atoms with Gasteiger partial charge in [0.15, 0.2) is 0 Å². The van der Waals surface area contributed by atoms with Crippen molar-refractivity contribution >= 4 is 36.4 Å². The third-order valence-electron chi connectivity index (χ3n) is 4.08. The summed E-state index contributed by atoms with van der Waals surface area (Å²) in [5, 5.41) is 3.93. The molecule has 128 valence electrons. The third kappa shape index (κ3) is 4.97. The molecule has 2 rings (SSSR count). The summed E-state index contributed by atoms with van der Waals surface area (Å²) in [6.45, 7) is 10.6. The molecule has 0 aliphatic carbocycles. The number of hydrogen-bond acceptors (Lipinski definition) is 2. The summed E-state index contributed by atoms with van der Waals surface area (Å²) in [6, 6.07) is 5.96. The number of nitrogens with one attached hydrogen (secondary N) is 1. The molecule has 0 radical (unpaired) electrons. The SMILES string of the molecule is CC(C)C(c1ccc(Cl)cc1F)N1C[C@H](C)NC[C@H]1C.Cl.Cl. The quantitative estimate of drug-likeness (QED) is 0.828. The number of benzene rings is 1. The van der Waals surface area contributed by atoms with Gasteiger partial charge in [0, 0.05) is 41.8 Å². The van der Waals surface area contributed by atoms with Crippen LogP contribution < -0.4 is 5.32 Å². The highest BCUT2D eigenvalue weighted by molar-refractivity contribution is 6.30. The topological polar surface area (TPSA) is 15.3 Å². The Hall–Kier alpha value is -0.0600. The van der Waals surface area contributed by atoms with Crippen molar-refractivity contribution in [3.63, 3.8) is 0 Å². The van der Waals surface area contributed by atoms with Gasteiger partial charge >= 0.3 is 0 Å². The van der Waals surface area contributed by atoms with Gasteiger partial charge in [0.25, 0.3) is 0 Å². The molecule has 1 aliphatic heterocycles. The lowest BCUT2D eigenvalue weighted by Crippen LogP contribution is -2.56. The average molecular weight is 372 g/mol. The van der Waals surface area contributed by atoms with Crippen molar-refractivity contribution in [1.29, 1.82) is 0 Å². The van der Waals surface area contributed by atoms with Crippen LogP contribution in [0.15, 0.2) is 18.2 Å². The molecule has 1 aromatic rings. The minimum Gasteiger partial charge on any atom is -0.311 e. The zero-order chi connectivity index (χ0) is 14.9. The lowest BCUT2D eigenvalue weighted by molar-refractivity contribution is 0.0678. The average Bonchev–Trinajstić information content (AvgIpc) is 2.36. The van der Waals surface area contributed by atoms with Gasteiger partial charge in [0.2, 0.25) is 0 Å². The van der Waals surface area contributed by atoms with E-state index in [4.69, 9.17) is 11.6 Å². The van der Waals surface area contributed by atoms with Crippen molar-refractivity contribution < 1.29 is 4.39 Å². The predicted molar refractivity (Wildman–Crippen MR) is 97.1 cm³/mol. The number of hydrogen-bond donors (Lipinski definition) is 1. The Morgan fingerprint density at radius 3 is 2.45 bits per heavy atom. The fourth-order valence-electron chi connectivity index (χ4n) is 3.10. The van der Waals surface area contributed by atoms with Crippen molar-refractivity contribution in [3.8, 4) is 0 Å². The van der Waals surface area contributed by atoms with Crippen molar-refractivity contribution in [3.05, 3.63) is 34.6 Å². The molecule has 1 saturated heterocycles. The molecule has 1 aromatic carbocycles. The molecular formula is C16H26Cl3FN2. The molecule has 0 spiro atoms. The summed E-state index contributed by atoms with van der Waals surface area (Å²) in [6.07, 6.45) is 0. The highest BCUT2D eigenvalue weighted by Gasteiger charge is 2.32. The van der Waals surface area contributed by atoms with E-state index in [2.05, 4.69) is 37.9 Å². The van der Waals surface area contributed by atoms with E-state index in [1.54, 1.807) is 6.07 Å². The van der Waals surface area contributed by atoms with E-state index in [-0.39, 0.29) is 36.7 Å². The molecule has 0 saturated carbocycles. The number of piperazine rings is 1. The largest absolute Gasteiger partial charge is 0.311 e. The predicted octanol–water partition coefficient (Wildman–Crippen LogP) is 4.70. The van der Waals surface area contributed by atoms with Crippen LogP contribution in [0, 0.1) is 11.7 Å². The van der Waals surface area contributed by atoms with Crippen molar-refractivity contribution in [2.75, 3.05) is 13.1 Å². The van der Waals surface area contributed by atoms with Gasteiger partial charge in [-0.25, -0.2) is 4.39 Å². The fraction of sp³-hybridized carbons (Fsp3) is 0.625. The molecule has 3 atom stereocenters. The van der Waals surface area contributed by atoms with Gasteiger partial charge in [-0.3, -0.25) is 4.90 Å². The lowest BCUT2D eigenvalue weighted by atomic mass is 9.91. The zero-order valence-electron chi connectivity index (χ0n) is 13.5. The van der Waals surface area contributed by atoms with E-state index in [1.807, 2.05) is 6.07 Å².